The quantitative estimate of drug-likeness (QED) is 0.521. The molecular weight excluding hydrogens is 256 g/mol. The molecular formula is C16H10S2. The van der Waals surface area contributed by atoms with Gasteiger partial charge in [0.25, 0.3) is 0 Å². The van der Waals surface area contributed by atoms with Crippen LogP contribution in [0.15, 0.2) is 24.3 Å². The number of allylic oxidation sites excluding steroid dienone is 2. The molecule has 0 amide bonds. The number of hydrogen-bond acceptors (Lipinski definition) is 2. The first-order chi connectivity index (χ1) is 8.90. The molecule has 0 saturated carbocycles. The van der Waals surface area contributed by atoms with Crippen LogP contribution in [0, 0.1) is 0 Å². The highest BCUT2D eigenvalue weighted by Crippen LogP contribution is 2.43. The van der Waals surface area contributed by atoms with Crippen molar-refractivity contribution in [2.45, 2.75) is 12.8 Å². The predicted molar refractivity (Wildman–Crippen MR) is 82.7 cm³/mol. The van der Waals surface area contributed by atoms with Crippen molar-refractivity contribution in [1.29, 1.82) is 0 Å². The van der Waals surface area contributed by atoms with E-state index in [0.717, 1.165) is 12.8 Å². The van der Waals surface area contributed by atoms with Gasteiger partial charge in [0, 0.05) is 19.2 Å². The molecule has 2 aromatic heterocycles. The summed E-state index contributed by atoms with van der Waals surface area (Å²) >= 11 is 3.90. The van der Waals surface area contributed by atoms with E-state index >= 15 is 0 Å². The summed E-state index contributed by atoms with van der Waals surface area (Å²) in [6.07, 6.45) is 11.3. The molecule has 0 nitrogen and oxygen atoms in total. The van der Waals surface area contributed by atoms with Crippen LogP contribution in [0.1, 0.15) is 20.9 Å². The van der Waals surface area contributed by atoms with Gasteiger partial charge in [0.1, 0.15) is 0 Å². The van der Waals surface area contributed by atoms with Gasteiger partial charge in [0.2, 0.25) is 0 Å². The highest BCUT2D eigenvalue weighted by Gasteiger charge is 2.18. The Hall–Kier alpha value is -1.38. The van der Waals surface area contributed by atoms with Crippen molar-refractivity contribution in [3.05, 3.63) is 45.2 Å². The van der Waals surface area contributed by atoms with Crippen molar-refractivity contribution in [1.82, 2.24) is 0 Å². The van der Waals surface area contributed by atoms with Crippen LogP contribution in [0.5, 0.6) is 0 Å². The molecule has 0 atom stereocenters. The Morgan fingerprint density at radius 3 is 1.72 bits per heavy atom. The first kappa shape index (κ1) is 9.54. The minimum Gasteiger partial charge on any atom is -0.136 e. The summed E-state index contributed by atoms with van der Waals surface area (Å²) in [6, 6.07) is 4.84. The van der Waals surface area contributed by atoms with Crippen molar-refractivity contribution in [3.63, 3.8) is 0 Å². The minimum absolute atomic E-state index is 1.12. The van der Waals surface area contributed by atoms with Crippen LogP contribution in [0.2, 0.25) is 0 Å². The van der Waals surface area contributed by atoms with Crippen molar-refractivity contribution < 1.29 is 0 Å². The second-order valence-corrected chi connectivity index (χ2v) is 7.11. The lowest BCUT2D eigenvalue weighted by molar-refractivity contribution is 1.36. The molecule has 2 aliphatic carbocycles. The first-order valence-corrected chi connectivity index (χ1v) is 7.87. The molecule has 0 fully saturated rings. The molecule has 0 spiro atoms. The van der Waals surface area contributed by atoms with E-state index in [9.17, 15) is 0 Å². The third-order valence-corrected chi connectivity index (χ3v) is 6.27. The molecule has 5 rings (SSSR count). The normalized spacial score (nSPS) is 16.0. The van der Waals surface area contributed by atoms with Crippen molar-refractivity contribution in [3.8, 4) is 0 Å². The SMILES string of the molecule is C1=Cc2sc3cc4c5c(sc4cc3c2C1)C=CC5. The van der Waals surface area contributed by atoms with Crippen LogP contribution in [0.25, 0.3) is 32.3 Å². The van der Waals surface area contributed by atoms with Crippen LogP contribution in [-0.4, -0.2) is 0 Å². The van der Waals surface area contributed by atoms with E-state index in [-0.39, 0.29) is 0 Å². The Morgan fingerprint density at radius 2 is 1.22 bits per heavy atom. The summed E-state index contributed by atoms with van der Waals surface area (Å²) in [7, 11) is 0. The number of fused-ring (bicyclic) bond motifs is 6. The molecule has 0 N–H and O–H groups in total. The van der Waals surface area contributed by atoms with Crippen LogP contribution in [-0.2, 0) is 12.8 Å². The van der Waals surface area contributed by atoms with Gasteiger partial charge in [-0.15, -0.1) is 22.7 Å². The lowest BCUT2D eigenvalue weighted by Gasteiger charge is -1.97. The second kappa shape index (κ2) is 3.14. The Balaban J connectivity index is 1.95. The van der Waals surface area contributed by atoms with Gasteiger partial charge in [-0.2, -0.15) is 0 Å². The molecule has 0 unspecified atom stereocenters. The summed E-state index contributed by atoms with van der Waals surface area (Å²) < 4.78 is 2.92. The standard InChI is InChI=1S/C16H10S2/c1-3-9-11-7-16-12(8-15(11)17-13(9)5-1)10-4-2-6-14(10)18-16/h1-2,5-8H,3-4H2. The van der Waals surface area contributed by atoms with E-state index in [0.29, 0.717) is 0 Å². The number of rotatable bonds is 0. The van der Waals surface area contributed by atoms with E-state index in [1.165, 1.54) is 29.9 Å². The second-order valence-electron chi connectivity index (χ2n) is 4.95. The fourth-order valence-corrected chi connectivity index (χ4v) is 5.46. The van der Waals surface area contributed by atoms with Crippen LogP contribution >= 0.6 is 22.7 Å². The van der Waals surface area contributed by atoms with E-state index in [2.05, 4.69) is 36.4 Å². The maximum atomic E-state index is 2.42. The maximum absolute atomic E-state index is 2.42. The molecule has 2 heterocycles. The molecule has 3 aromatic rings. The Kier molecular flexibility index (Phi) is 1.66. The summed E-state index contributed by atoms with van der Waals surface area (Å²) in [5, 5.41) is 2.97. The lowest BCUT2D eigenvalue weighted by Crippen LogP contribution is -1.77. The number of benzene rings is 1. The zero-order valence-electron chi connectivity index (χ0n) is 9.69. The molecule has 0 bridgehead atoms. The van der Waals surface area contributed by atoms with Gasteiger partial charge >= 0.3 is 0 Å². The fourth-order valence-electron chi connectivity index (χ4n) is 3.08. The fraction of sp³-hybridized carbons (Fsp3) is 0.125. The first-order valence-electron chi connectivity index (χ1n) is 6.24. The molecule has 0 radical (unpaired) electrons. The van der Waals surface area contributed by atoms with E-state index in [4.69, 9.17) is 0 Å². The highest BCUT2D eigenvalue weighted by atomic mass is 32.1. The van der Waals surface area contributed by atoms with Crippen molar-refractivity contribution in [2.24, 2.45) is 0 Å². The van der Waals surface area contributed by atoms with Crippen LogP contribution in [0.4, 0.5) is 0 Å². The number of hydrogen-bond donors (Lipinski definition) is 0. The highest BCUT2D eigenvalue weighted by molar-refractivity contribution is 7.21. The van der Waals surface area contributed by atoms with Gasteiger partial charge in [-0.25, -0.2) is 0 Å². The zero-order valence-corrected chi connectivity index (χ0v) is 11.3. The number of thiophene rings is 2. The molecule has 0 aliphatic heterocycles. The van der Waals surface area contributed by atoms with E-state index in [1.807, 2.05) is 22.7 Å². The summed E-state index contributed by atoms with van der Waals surface area (Å²) in [4.78, 5) is 2.94. The Morgan fingerprint density at radius 1 is 0.722 bits per heavy atom. The van der Waals surface area contributed by atoms with E-state index < -0.39 is 0 Å². The van der Waals surface area contributed by atoms with Gasteiger partial charge in [-0.05, 0) is 59.0 Å². The van der Waals surface area contributed by atoms with Crippen molar-refractivity contribution >= 4 is 55.0 Å². The van der Waals surface area contributed by atoms with Gasteiger partial charge in [-0.3, -0.25) is 0 Å². The average molecular weight is 266 g/mol. The smallest absolute Gasteiger partial charge is 0.0359 e. The Bertz CT molecular complexity index is 797. The van der Waals surface area contributed by atoms with Crippen LogP contribution < -0.4 is 0 Å². The lowest BCUT2D eigenvalue weighted by atomic mass is 10.1. The molecule has 18 heavy (non-hydrogen) atoms. The molecule has 86 valence electrons. The third-order valence-electron chi connectivity index (χ3n) is 3.95. The van der Waals surface area contributed by atoms with Gasteiger partial charge in [0.05, 0.1) is 0 Å². The molecule has 1 aromatic carbocycles. The predicted octanol–water partition coefficient (Wildman–Crippen LogP) is 5.25. The van der Waals surface area contributed by atoms with E-state index in [1.54, 1.807) is 11.1 Å². The Labute approximate surface area is 113 Å². The van der Waals surface area contributed by atoms with Crippen molar-refractivity contribution in [2.75, 3.05) is 0 Å². The summed E-state index contributed by atoms with van der Waals surface area (Å²) in [6.45, 7) is 0. The summed E-state index contributed by atoms with van der Waals surface area (Å²) in [5.41, 5.74) is 3.09. The average Bonchev–Trinajstić information content (AvgIpc) is 3.04. The monoisotopic (exact) mass is 266 g/mol. The topological polar surface area (TPSA) is 0 Å². The minimum atomic E-state index is 1.12. The molecule has 2 heteroatoms. The molecule has 2 aliphatic rings. The largest absolute Gasteiger partial charge is 0.136 e. The van der Waals surface area contributed by atoms with Gasteiger partial charge in [0.15, 0.2) is 0 Å². The third kappa shape index (κ3) is 1.06. The zero-order chi connectivity index (χ0) is 11.7. The molecule has 0 saturated heterocycles. The summed E-state index contributed by atoms with van der Waals surface area (Å²) in [5.74, 6) is 0. The van der Waals surface area contributed by atoms with Gasteiger partial charge < -0.3 is 0 Å². The maximum Gasteiger partial charge on any atom is 0.0359 e. The van der Waals surface area contributed by atoms with Crippen LogP contribution in [0.3, 0.4) is 0 Å². The van der Waals surface area contributed by atoms with Gasteiger partial charge in [-0.1, -0.05) is 12.2 Å².